The van der Waals surface area contributed by atoms with Gasteiger partial charge in [0.2, 0.25) is 41.4 Å². The number of nitrogens with two attached hydrogens (primary N) is 2. The number of hydrogen-bond acceptors (Lipinski definition) is 14. The molecule has 0 bridgehead atoms. The molecule has 0 spiro atoms. The van der Waals surface area contributed by atoms with Gasteiger partial charge in [-0.15, -0.1) is 11.8 Å². The molecule has 1 aliphatic rings. The lowest BCUT2D eigenvalue weighted by atomic mass is 10.1. The highest BCUT2D eigenvalue weighted by Gasteiger charge is 2.38. The minimum absolute atomic E-state index is 0.00223. The zero-order valence-electron chi connectivity index (χ0n) is 47.9. The smallest absolute Gasteiger partial charge is 0.276 e. The van der Waals surface area contributed by atoms with E-state index < -0.39 is 28.9 Å². The molecule has 1 saturated heterocycles. The molecule has 0 radical (unpaired) electrons. The molecular weight excluding hydrogens is 1030 g/mol. The van der Waals surface area contributed by atoms with E-state index >= 15 is 0 Å². The number of benzene rings is 2. The second-order valence-electron chi connectivity index (χ2n) is 17.6. The number of allylic oxidation sites excluding steroid dienone is 2. The molecule has 6 aromatic rings. The second-order valence-corrected chi connectivity index (χ2v) is 19.0. The first-order valence-corrected chi connectivity index (χ1v) is 27.8. The summed E-state index contributed by atoms with van der Waals surface area (Å²) in [6.45, 7) is 22.9. The summed E-state index contributed by atoms with van der Waals surface area (Å²) < 4.78 is 18.6. The Morgan fingerprint density at radius 1 is 0.747 bits per heavy atom. The van der Waals surface area contributed by atoms with E-state index in [1.807, 2.05) is 48.5 Å². The largest absolute Gasteiger partial charge is 0.494 e. The standard InChI is InChI=1S/C48H58N14O9S.C3H8.2C2H6/c1-8-61-33(20-27(4)55-61)44(67)53-47-51-31-22-29(42(49)65)24-35(70-7)40(31)59(47)16-11-12-17-60-41-32(52-48(60)54-45(68)34-21-28(5)56-62(34)9-2)23-30(43(50)66)25-36(41)71-19-13-15-57(6)38(63)14-18-58-39(64)26-37(46(58)69)72-10-3;1-3-2;2*1-2/h11-12,20-25,37H,8-10,13-19,26H2,1-7H3,(H2,49,65)(H2,50,66)(H,51,53,67)(H,52,54,68);3H2,1-2H3;2*1-2H3/b12-11+;;;. The summed E-state index contributed by atoms with van der Waals surface area (Å²) in [5.74, 6) is -1.75. The van der Waals surface area contributed by atoms with Gasteiger partial charge in [0.05, 0.1) is 41.4 Å². The summed E-state index contributed by atoms with van der Waals surface area (Å²) in [5, 5.41) is 14.2. The van der Waals surface area contributed by atoms with Crippen LogP contribution in [0.3, 0.4) is 0 Å². The summed E-state index contributed by atoms with van der Waals surface area (Å²) in [6, 6.07) is 9.31. The highest BCUT2D eigenvalue weighted by Crippen LogP contribution is 2.33. The molecule has 428 valence electrons. The minimum atomic E-state index is -0.743. The quantitative estimate of drug-likeness (QED) is 0.0277. The van der Waals surface area contributed by atoms with Crippen molar-refractivity contribution in [1.82, 2.24) is 48.5 Å². The van der Waals surface area contributed by atoms with Crippen molar-refractivity contribution in [2.24, 2.45) is 11.5 Å². The van der Waals surface area contributed by atoms with Crippen LogP contribution in [0.5, 0.6) is 11.5 Å². The van der Waals surface area contributed by atoms with Gasteiger partial charge in [0.15, 0.2) is 0 Å². The number of aromatic nitrogens is 8. The predicted molar refractivity (Wildman–Crippen MR) is 308 cm³/mol. The number of imidazole rings is 2. The highest BCUT2D eigenvalue weighted by molar-refractivity contribution is 8.00. The predicted octanol–water partition coefficient (Wildman–Crippen LogP) is 7.37. The van der Waals surface area contributed by atoms with E-state index in [9.17, 15) is 33.6 Å². The van der Waals surface area contributed by atoms with Crippen molar-refractivity contribution in [2.75, 3.05) is 50.2 Å². The third-order valence-electron chi connectivity index (χ3n) is 11.9. The number of carbonyl (C=O) groups excluding carboxylic acids is 7. The first kappa shape index (κ1) is 63.5. The lowest BCUT2D eigenvalue weighted by Gasteiger charge is -2.20. The third kappa shape index (κ3) is 15.6. The Labute approximate surface area is 465 Å². The second kappa shape index (κ2) is 30.2. The number of fused-ring (bicyclic) bond motifs is 2. The average molecular weight is 1110 g/mol. The Morgan fingerprint density at radius 2 is 1.22 bits per heavy atom. The van der Waals surface area contributed by atoms with Crippen LogP contribution in [0, 0.1) is 13.8 Å². The molecule has 79 heavy (non-hydrogen) atoms. The van der Waals surface area contributed by atoms with Crippen molar-refractivity contribution in [3.63, 3.8) is 0 Å². The fourth-order valence-electron chi connectivity index (χ4n) is 8.41. The van der Waals surface area contributed by atoms with Gasteiger partial charge in [0.25, 0.3) is 11.8 Å². The van der Waals surface area contributed by atoms with Gasteiger partial charge in [-0.3, -0.25) is 58.5 Å². The molecule has 7 rings (SSSR count). The molecule has 2 aromatic carbocycles. The van der Waals surface area contributed by atoms with Crippen LogP contribution in [0.4, 0.5) is 11.9 Å². The van der Waals surface area contributed by atoms with Crippen LogP contribution in [0.1, 0.15) is 141 Å². The Bertz CT molecular complexity index is 3150. The summed E-state index contributed by atoms with van der Waals surface area (Å²) in [4.78, 5) is 103. The van der Waals surface area contributed by atoms with E-state index in [2.05, 4.69) is 39.7 Å². The molecule has 0 aliphatic carbocycles. The molecule has 7 amide bonds. The Balaban J connectivity index is 0.00000184. The number of imide groups is 1. The summed E-state index contributed by atoms with van der Waals surface area (Å²) >= 11 is 1.42. The van der Waals surface area contributed by atoms with Crippen LogP contribution < -0.4 is 31.6 Å². The van der Waals surface area contributed by atoms with Crippen LogP contribution in [-0.4, -0.2) is 135 Å². The number of anilines is 2. The highest BCUT2D eigenvalue weighted by atomic mass is 32.2. The molecule has 1 fully saturated rings. The van der Waals surface area contributed by atoms with E-state index in [1.54, 1.807) is 63.7 Å². The van der Waals surface area contributed by atoms with Gasteiger partial charge >= 0.3 is 0 Å². The van der Waals surface area contributed by atoms with Crippen molar-refractivity contribution in [1.29, 1.82) is 0 Å². The van der Waals surface area contributed by atoms with E-state index in [-0.39, 0.29) is 103 Å². The molecule has 0 saturated carbocycles. The third-order valence-corrected chi connectivity index (χ3v) is 13.0. The molecule has 5 heterocycles. The maximum Gasteiger partial charge on any atom is 0.276 e. The van der Waals surface area contributed by atoms with Crippen molar-refractivity contribution in [2.45, 2.75) is 133 Å². The summed E-state index contributed by atoms with van der Waals surface area (Å²) in [7, 11) is 3.07. The Hall–Kier alpha value is -8.02. The average Bonchev–Trinajstić information content (AvgIpc) is 4.25. The lowest BCUT2D eigenvalue weighted by molar-refractivity contribution is -0.139. The van der Waals surface area contributed by atoms with E-state index in [0.29, 0.717) is 64.6 Å². The number of nitrogens with zero attached hydrogens (tertiary/aromatic N) is 10. The first-order chi connectivity index (χ1) is 37.9. The van der Waals surface area contributed by atoms with Crippen LogP contribution in [0.15, 0.2) is 48.6 Å². The zero-order valence-corrected chi connectivity index (χ0v) is 48.7. The zero-order chi connectivity index (χ0) is 58.7. The maximum absolute atomic E-state index is 13.9. The fourth-order valence-corrected chi connectivity index (χ4v) is 9.34. The molecular formula is C55H78N14O9S. The van der Waals surface area contributed by atoms with Crippen molar-refractivity contribution in [3.05, 3.63) is 82.5 Å². The number of ether oxygens (including phenoxy) is 2. The number of methoxy groups -OCH3 is 1. The summed E-state index contributed by atoms with van der Waals surface area (Å²) in [5.41, 5.74) is 15.1. The molecule has 1 unspecified atom stereocenters. The van der Waals surface area contributed by atoms with E-state index in [0.717, 1.165) is 4.90 Å². The van der Waals surface area contributed by atoms with Crippen molar-refractivity contribution < 1.29 is 43.0 Å². The summed E-state index contributed by atoms with van der Waals surface area (Å²) in [6.07, 6.45) is 5.30. The number of rotatable bonds is 23. The molecule has 1 aliphatic heterocycles. The van der Waals surface area contributed by atoms with E-state index in [1.165, 1.54) is 54.5 Å². The van der Waals surface area contributed by atoms with Crippen LogP contribution >= 0.6 is 11.8 Å². The number of aryl methyl sites for hydroxylation is 4. The fraction of sp³-hybridized carbons (Fsp3) is 0.473. The molecule has 6 N–H and O–H groups in total. The number of primary amides is 2. The number of hydrogen-bond donors (Lipinski definition) is 4. The normalized spacial score (nSPS) is 12.9. The number of nitrogens with one attached hydrogen (secondary N) is 2. The van der Waals surface area contributed by atoms with Crippen molar-refractivity contribution >= 4 is 87.1 Å². The van der Waals surface area contributed by atoms with Gasteiger partial charge in [-0.2, -0.15) is 10.2 Å². The minimum Gasteiger partial charge on any atom is -0.494 e. The van der Waals surface area contributed by atoms with Gasteiger partial charge < -0.3 is 35.0 Å². The topological polar surface area (TPSA) is 292 Å². The van der Waals surface area contributed by atoms with Gasteiger partial charge in [-0.1, -0.05) is 67.0 Å². The van der Waals surface area contributed by atoms with E-state index in [4.69, 9.17) is 25.9 Å². The van der Waals surface area contributed by atoms with Crippen LogP contribution in [-0.2, 0) is 40.6 Å². The maximum atomic E-state index is 13.9. The number of carbonyl (C=O) groups is 7. The van der Waals surface area contributed by atoms with Gasteiger partial charge in [-0.25, -0.2) is 9.97 Å². The monoisotopic (exact) mass is 1110 g/mol. The molecule has 23 nitrogen and oxygen atoms in total. The van der Waals surface area contributed by atoms with Crippen LogP contribution in [0.25, 0.3) is 22.1 Å². The number of amides is 7. The van der Waals surface area contributed by atoms with Crippen LogP contribution in [0.2, 0.25) is 0 Å². The molecule has 4 aromatic heterocycles. The van der Waals surface area contributed by atoms with Gasteiger partial charge in [-0.05, 0) is 76.3 Å². The first-order valence-electron chi connectivity index (χ1n) is 26.8. The van der Waals surface area contributed by atoms with Crippen molar-refractivity contribution in [3.8, 4) is 11.5 Å². The lowest BCUT2D eigenvalue weighted by Crippen LogP contribution is -2.36. The Morgan fingerprint density at radius 3 is 1.66 bits per heavy atom. The molecule has 1 atom stereocenters. The SMILES string of the molecule is CC.CC.CCC.CCSC1CC(=O)N(CCC(=O)N(C)CCCOc2cc(C(N)=O)cc3nc(NC(=O)c4cc(C)nn4CC)n(C/C=C/Cn4c(NC(=O)c5cc(C)nn5CC)nc5cc(C(N)=O)cc(OC)c54)c23)C1=O. The van der Waals surface area contributed by atoms with Gasteiger partial charge in [0, 0.05) is 70.3 Å². The van der Waals surface area contributed by atoms with Gasteiger partial charge in [0.1, 0.15) is 33.9 Å². The number of likely N-dealkylation sites (tertiary alicyclic amines) is 1. The number of thioether (sulfide) groups is 1. The Kier molecular flexibility index (Phi) is 24.3. The molecule has 24 heteroatoms.